The first-order valence-corrected chi connectivity index (χ1v) is 9.14. The van der Waals surface area contributed by atoms with Crippen LogP contribution in [0.4, 0.5) is 0 Å². The molecule has 0 amide bonds. The number of rotatable bonds is 3. The van der Waals surface area contributed by atoms with Crippen molar-refractivity contribution in [1.82, 2.24) is 4.98 Å². The number of nitriles is 1. The Morgan fingerprint density at radius 2 is 2.19 bits per heavy atom. The maximum absolute atomic E-state index is 12.6. The largest absolute Gasteiger partial charge is 0.497 e. The summed E-state index contributed by atoms with van der Waals surface area (Å²) in [6, 6.07) is 9.66. The van der Waals surface area contributed by atoms with Crippen LogP contribution < -0.4 is 4.74 Å². The van der Waals surface area contributed by atoms with E-state index in [-0.39, 0.29) is 12.2 Å². The van der Waals surface area contributed by atoms with E-state index in [0.717, 1.165) is 16.8 Å². The average molecular weight is 382 g/mol. The summed E-state index contributed by atoms with van der Waals surface area (Å²) < 4.78 is 5.71. The number of ketones is 1. The summed E-state index contributed by atoms with van der Waals surface area (Å²) >= 11 is 5.33. The van der Waals surface area contributed by atoms with Crippen molar-refractivity contribution in [2.75, 3.05) is 7.11 Å². The van der Waals surface area contributed by atoms with Crippen LogP contribution in [0.5, 0.6) is 5.75 Å². The highest BCUT2D eigenvalue weighted by molar-refractivity contribution is 7.71. The number of H-pyrrole nitrogens is 1. The molecule has 0 aliphatic heterocycles. The third-order valence-corrected chi connectivity index (χ3v) is 5.72. The number of benzene rings is 1. The van der Waals surface area contributed by atoms with Gasteiger partial charge in [0.25, 0.3) is 0 Å². The molecule has 27 heavy (non-hydrogen) atoms. The Balaban J connectivity index is 2.40. The standard InChI is InChI=1S/C21H22N2O3S/c1-11-17-15(16(10-22)20(27)23-11)9-21(3,25)19(12(2)24)18(17)13-6-5-7-14(8-13)26-4/h5-8,18-19,25H,9H2,1-4H3,(H,23,27)/t18-,19+,21+/m1/s1. The number of aromatic amines is 1. The van der Waals surface area contributed by atoms with E-state index in [1.54, 1.807) is 14.0 Å². The Kier molecular flexibility index (Phi) is 4.94. The van der Waals surface area contributed by atoms with Gasteiger partial charge in [-0.25, -0.2) is 0 Å². The van der Waals surface area contributed by atoms with Gasteiger partial charge in [0.15, 0.2) is 0 Å². The first-order chi connectivity index (χ1) is 12.7. The van der Waals surface area contributed by atoms with E-state index in [0.29, 0.717) is 21.5 Å². The minimum absolute atomic E-state index is 0.0983. The quantitative estimate of drug-likeness (QED) is 0.793. The summed E-state index contributed by atoms with van der Waals surface area (Å²) in [5.41, 5.74) is 2.31. The van der Waals surface area contributed by atoms with Gasteiger partial charge >= 0.3 is 0 Å². The molecule has 3 rings (SSSR count). The highest BCUT2D eigenvalue weighted by Gasteiger charge is 2.48. The normalized spacial score (nSPS) is 24.0. The molecule has 2 N–H and O–H groups in total. The Morgan fingerprint density at radius 1 is 1.48 bits per heavy atom. The van der Waals surface area contributed by atoms with E-state index in [1.807, 2.05) is 31.2 Å². The van der Waals surface area contributed by atoms with Gasteiger partial charge in [-0.05, 0) is 49.6 Å². The molecule has 0 bridgehead atoms. The van der Waals surface area contributed by atoms with Crippen molar-refractivity contribution in [3.05, 3.63) is 56.9 Å². The van der Waals surface area contributed by atoms with Crippen molar-refractivity contribution in [1.29, 1.82) is 5.26 Å². The first kappa shape index (κ1) is 19.3. The molecule has 5 nitrogen and oxygen atoms in total. The zero-order valence-electron chi connectivity index (χ0n) is 15.8. The van der Waals surface area contributed by atoms with Crippen molar-refractivity contribution in [3.63, 3.8) is 0 Å². The van der Waals surface area contributed by atoms with Gasteiger partial charge in [0.1, 0.15) is 22.2 Å². The monoisotopic (exact) mass is 382 g/mol. The number of carbonyl (C=O) groups is 1. The number of ether oxygens (including phenoxy) is 1. The SMILES string of the molecule is COc1cccc([C@@H]2c3c(C)[nH]c(=S)c(C#N)c3C[C@](C)(O)[C@H]2C(C)=O)c1. The number of aliphatic hydroxyl groups is 1. The summed E-state index contributed by atoms with van der Waals surface area (Å²) in [6.45, 7) is 5.05. The number of Topliss-reactive ketones (excluding diaryl/α,β-unsaturated/α-hetero) is 1. The lowest BCUT2D eigenvalue weighted by molar-refractivity contribution is -0.130. The van der Waals surface area contributed by atoms with Crippen LogP contribution in [0.25, 0.3) is 0 Å². The van der Waals surface area contributed by atoms with Gasteiger partial charge in [0.05, 0.1) is 24.2 Å². The number of hydrogen-bond donors (Lipinski definition) is 2. The maximum Gasteiger partial charge on any atom is 0.136 e. The van der Waals surface area contributed by atoms with Crippen molar-refractivity contribution < 1.29 is 14.6 Å². The number of methoxy groups -OCH3 is 1. The minimum Gasteiger partial charge on any atom is -0.497 e. The zero-order valence-corrected chi connectivity index (χ0v) is 16.6. The van der Waals surface area contributed by atoms with E-state index in [4.69, 9.17) is 17.0 Å². The van der Waals surface area contributed by atoms with E-state index in [2.05, 4.69) is 11.1 Å². The third kappa shape index (κ3) is 3.18. The molecule has 6 heteroatoms. The third-order valence-electron chi connectivity index (χ3n) is 5.41. The molecule has 1 aromatic heterocycles. The van der Waals surface area contributed by atoms with Crippen molar-refractivity contribution in [2.45, 2.75) is 38.7 Å². The second-order valence-corrected chi connectivity index (χ2v) is 7.74. The lowest BCUT2D eigenvalue weighted by Crippen LogP contribution is -2.48. The molecule has 2 aromatic rings. The smallest absolute Gasteiger partial charge is 0.136 e. The number of nitrogens with zero attached hydrogens (tertiary/aromatic N) is 1. The molecule has 0 radical (unpaired) electrons. The molecular weight excluding hydrogens is 360 g/mol. The molecular formula is C21H22N2O3S. The topological polar surface area (TPSA) is 86.1 Å². The lowest BCUT2D eigenvalue weighted by Gasteiger charge is -2.43. The molecule has 140 valence electrons. The molecule has 1 aliphatic carbocycles. The summed E-state index contributed by atoms with van der Waals surface area (Å²) in [5, 5.41) is 20.9. The van der Waals surface area contributed by atoms with Crippen LogP contribution in [0.2, 0.25) is 0 Å². The Hall–Kier alpha value is -2.49. The van der Waals surface area contributed by atoms with Crippen LogP contribution in [-0.2, 0) is 11.2 Å². The Morgan fingerprint density at radius 3 is 2.78 bits per heavy atom. The molecule has 0 spiro atoms. The fourth-order valence-electron chi connectivity index (χ4n) is 4.38. The molecule has 0 saturated heterocycles. The van der Waals surface area contributed by atoms with Gasteiger partial charge < -0.3 is 14.8 Å². The molecule has 0 unspecified atom stereocenters. The number of aromatic nitrogens is 1. The van der Waals surface area contributed by atoms with Gasteiger partial charge in [0, 0.05) is 18.0 Å². The van der Waals surface area contributed by atoms with Crippen LogP contribution in [0.15, 0.2) is 24.3 Å². The van der Waals surface area contributed by atoms with Crippen molar-refractivity contribution in [3.8, 4) is 11.8 Å². The highest BCUT2D eigenvalue weighted by atomic mass is 32.1. The van der Waals surface area contributed by atoms with Crippen molar-refractivity contribution >= 4 is 18.0 Å². The van der Waals surface area contributed by atoms with Gasteiger partial charge in [-0.1, -0.05) is 24.4 Å². The van der Waals surface area contributed by atoms with Crippen LogP contribution in [0, 0.1) is 28.8 Å². The van der Waals surface area contributed by atoms with E-state index >= 15 is 0 Å². The Bertz CT molecular complexity index is 1020. The van der Waals surface area contributed by atoms with E-state index in [9.17, 15) is 15.2 Å². The summed E-state index contributed by atoms with van der Waals surface area (Å²) in [4.78, 5) is 15.7. The maximum atomic E-state index is 12.6. The molecule has 0 fully saturated rings. The number of nitrogens with one attached hydrogen (secondary N) is 1. The number of carbonyl (C=O) groups excluding carboxylic acids is 1. The average Bonchev–Trinajstić information content (AvgIpc) is 2.59. The van der Waals surface area contributed by atoms with Crippen molar-refractivity contribution in [2.24, 2.45) is 5.92 Å². The zero-order chi connectivity index (χ0) is 19.9. The number of aryl methyl sites for hydroxylation is 1. The first-order valence-electron chi connectivity index (χ1n) is 8.73. The van der Waals surface area contributed by atoms with Gasteiger partial charge in [-0.15, -0.1) is 0 Å². The van der Waals surface area contributed by atoms with E-state index < -0.39 is 17.4 Å². The van der Waals surface area contributed by atoms with Crippen LogP contribution in [-0.4, -0.2) is 28.6 Å². The predicted molar refractivity (Wildman–Crippen MR) is 104 cm³/mol. The molecule has 1 heterocycles. The fraction of sp³-hybridized carbons (Fsp3) is 0.381. The number of pyridine rings is 1. The molecule has 1 aliphatic rings. The van der Waals surface area contributed by atoms with E-state index in [1.165, 1.54) is 6.92 Å². The Labute approximate surface area is 163 Å². The molecule has 1 aromatic carbocycles. The summed E-state index contributed by atoms with van der Waals surface area (Å²) in [5.74, 6) is -0.482. The van der Waals surface area contributed by atoms with Gasteiger partial charge in [-0.3, -0.25) is 4.79 Å². The van der Waals surface area contributed by atoms with Crippen LogP contribution in [0.3, 0.4) is 0 Å². The second kappa shape index (κ2) is 6.91. The fourth-order valence-corrected chi connectivity index (χ4v) is 4.70. The molecule has 3 atom stereocenters. The lowest BCUT2D eigenvalue weighted by atomic mass is 9.62. The highest BCUT2D eigenvalue weighted by Crippen LogP contribution is 2.48. The van der Waals surface area contributed by atoms with Gasteiger partial charge in [-0.2, -0.15) is 5.26 Å². The summed E-state index contributed by atoms with van der Waals surface area (Å²) in [7, 11) is 1.59. The molecule has 0 saturated carbocycles. The number of fused-ring (bicyclic) bond motifs is 1. The predicted octanol–water partition coefficient (Wildman–Crippen LogP) is 3.58. The minimum atomic E-state index is -1.30. The van der Waals surface area contributed by atoms with Crippen LogP contribution in [0.1, 0.15) is 47.7 Å². The number of hydrogen-bond acceptors (Lipinski definition) is 5. The van der Waals surface area contributed by atoms with Gasteiger partial charge in [0.2, 0.25) is 0 Å². The van der Waals surface area contributed by atoms with Crippen LogP contribution >= 0.6 is 12.2 Å². The second-order valence-electron chi connectivity index (χ2n) is 7.33. The summed E-state index contributed by atoms with van der Waals surface area (Å²) in [6.07, 6.45) is 0.203.